The number of aliphatic hydroxyl groups excluding tert-OH is 2. The molecule has 282 valence electrons. The van der Waals surface area contributed by atoms with Crippen molar-refractivity contribution in [2.75, 3.05) is 12.3 Å². The Balaban J connectivity index is 1.10. The number of rotatable bonds is 12. The lowest BCUT2D eigenvalue weighted by Crippen LogP contribution is -2.49. The molecule has 0 bridgehead atoms. The molecule has 0 saturated carbocycles. The van der Waals surface area contributed by atoms with Crippen molar-refractivity contribution >= 4 is 70.4 Å². The third-order valence-corrected chi connectivity index (χ3v) is 14.1. The van der Waals surface area contributed by atoms with E-state index in [-0.39, 0.29) is 34.1 Å². The number of allylic oxidation sites excluding steroid dienone is 1. The maximum absolute atomic E-state index is 15.7. The molecule has 0 aromatic carbocycles. The predicted octanol–water partition coefficient (Wildman–Crippen LogP) is 0.619. The lowest BCUT2D eigenvalue weighted by atomic mass is 10.1. The summed E-state index contributed by atoms with van der Waals surface area (Å²) in [5.74, 6) is -1.51. The monoisotopic (exact) mass is 813 g/mol. The van der Waals surface area contributed by atoms with E-state index < -0.39 is 83.1 Å². The molecule has 0 radical (unpaired) electrons. The van der Waals surface area contributed by atoms with Crippen molar-refractivity contribution in [2.45, 2.75) is 55.6 Å². The Kier molecular flexibility index (Phi) is 9.93. The first-order valence-corrected chi connectivity index (χ1v) is 19.8. The van der Waals surface area contributed by atoms with Gasteiger partial charge < -0.3 is 41.1 Å². The lowest BCUT2D eigenvalue weighted by Gasteiger charge is -2.25. The fraction of sp³-hybridized carbons (Fsp3) is 0.400. The number of anilines is 1. The number of nitrogens with two attached hydrogens (primary N) is 2. The van der Waals surface area contributed by atoms with Crippen LogP contribution in [-0.2, 0) is 42.5 Å². The van der Waals surface area contributed by atoms with Gasteiger partial charge in [-0.2, -0.15) is 16.9 Å². The summed E-state index contributed by atoms with van der Waals surface area (Å²) in [7, 11) is -17.6. The van der Waals surface area contributed by atoms with Crippen LogP contribution in [0.2, 0.25) is 0 Å². The minimum absolute atomic E-state index is 0.000963. The van der Waals surface area contributed by atoms with Gasteiger partial charge in [0.15, 0.2) is 34.5 Å². The zero-order valence-electron chi connectivity index (χ0n) is 26.5. The van der Waals surface area contributed by atoms with E-state index in [1.165, 1.54) is 36.0 Å². The topological polar surface area (TPSA) is 310 Å². The standard InChI is InChI=1S/C25H29F2N8O13P3S/c1-10-5-11(2)34-14(10)6-12-3-4-13(35(12)25(34,26)27)16(28)19(37)24(52)49(39,40)47-51(43,44)48-50(41,42)45-7-15-18(36)20(38)23(46-15)33-9-32-17-21(29)30-8-31-22(17)33/h3-6,8-9,15-16,18,20,23-24,36,38H,7,28H2,1-2H3,(H5-,29,30,31,39,40,41,42,43,44,52)/p+1/t15-,16?,18?,20+,23-,24?/m1/s1. The molecular weight excluding hydrogens is 783 g/mol. The molecule has 3 aromatic heterocycles. The summed E-state index contributed by atoms with van der Waals surface area (Å²) in [5.41, 5.74) is 12.3. The number of nitrogen functional groups attached to an aromatic ring is 1. The van der Waals surface area contributed by atoms with Gasteiger partial charge in [0, 0.05) is 23.9 Å². The van der Waals surface area contributed by atoms with Crippen LogP contribution in [0.15, 0.2) is 36.6 Å². The number of carbonyl (C=O) groups is 1. The second-order valence-corrected chi connectivity index (χ2v) is 17.7. The molecule has 6 unspecified atom stereocenters. The molecule has 9 atom stereocenters. The number of aliphatic hydroxyl groups is 2. The number of aryl methyl sites for hydroxylation is 2. The van der Waals surface area contributed by atoms with E-state index in [1.807, 2.05) is 0 Å². The maximum Gasteiger partial charge on any atom is 0.565 e. The summed E-state index contributed by atoms with van der Waals surface area (Å²) in [4.78, 5) is 53.0. The number of aromatic nitrogens is 5. The Morgan fingerprint density at radius 3 is 2.50 bits per heavy atom. The largest absolute Gasteiger partial charge is 0.565 e. The number of hydrogen-bond acceptors (Lipinski definition) is 16. The highest BCUT2D eigenvalue weighted by molar-refractivity contribution is 7.92. The number of Topliss-reactive ketones (excluding diaryl/α,β-unsaturated/α-hetero) is 1. The Bertz CT molecular complexity index is 2230. The van der Waals surface area contributed by atoms with Gasteiger partial charge in [0.05, 0.1) is 18.6 Å². The van der Waals surface area contributed by atoms with E-state index in [9.17, 15) is 43.4 Å². The number of ketones is 1. The molecule has 0 spiro atoms. The molecule has 3 aromatic rings. The van der Waals surface area contributed by atoms with Gasteiger partial charge >= 0.3 is 29.4 Å². The van der Waals surface area contributed by atoms with Crippen molar-refractivity contribution in [1.29, 1.82) is 0 Å². The predicted molar refractivity (Wildman–Crippen MR) is 175 cm³/mol. The number of phosphoric ester groups is 1. The number of thiol groups is 1. The van der Waals surface area contributed by atoms with Gasteiger partial charge in [-0.15, -0.1) is 13.4 Å². The SMILES string of the molecule is Cc1cc(C)n2c1C=C1C=CC(C(N)C(=O)C(S)P(=O)(O)OP(=O)(O)OP(=O)(O)OC[C@H]3O[C@@H](n4cnc5c(N)ncnc54)[C@@H](O)C3O)=[N+]1C2(F)F. The highest BCUT2D eigenvalue weighted by Gasteiger charge is 2.57. The van der Waals surface area contributed by atoms with Crippen LogP contribution in [0.1, 0.15) is 23.2 Å². The number of phosphoric acid groups is 2. The van der Waals surface area contributed by atoms with Crippen molar-refractivity contribution < 1.29 is 74.6 Å². The Morgan fingerprint density at radius 1 is 1.12 bits per heavy atom. The molecule has 3 aliphatic rings. The van der Waals surface area contributed by atoms with Crippen LogP contribution in [0.4, 0.5) is 14.6 Å². The highest BCUT2D eigenvalue weighted by Crippen LogP contribution is 2.69. The second kappa shape index (κ2) is 13.4. The smallest absolute Gasteiger partial charge is 0.387 e. The maximum atomic E-state index is 15.7. The molecule has 6 rings (SSSR count). The molecular formula is C25H30F2N8O13P3S+. The van der Waals surface area contributed by atoms with Crippen LogP contribution in [-0.4, -0.2) is 101 Å². The van der Waals surface area contributed by atoms with E-state index in [2.05, 4.69) is 40.7 Å². The first-order chi connectivity index (χ1) is 24.1. The minimum Gasteiger partial charge on any atom is -0.387 e. The van der Waals surface area contributed by atoms with Gasteiger partial charge in [-0.1, -0.05) is 0 Å². The quantitative estimate of drug-likeness (QED) is 0.0538. The number of carbonyl (C=O) groups excluding carboxylic acids is 1. The summed E-state index contributed by atoms with van der Waals surface area (Å²) in [6, 6.07) is -0.541. The number of imidazole rings is 1. The van der Waals surface area contributed by atoms with Crippen LogP contribution in [0.25, 0.3) is 17.2 Å². The summed E-state index contributed by atoms with van der Waals surface area (Å²) in [6.07, 6.45) is -4.21. The summed E-state index contributed by atoms with van der Waals surface area (Å²) in [5, 5.41) is 21.0. The van der Waals surface area contributed by atoms with Gasteiger partial charge in [-0.05, 0) is 25.5 Å². The number of halogens is 2. The fourth-order valence-corrected chi connectivity index (χ4v) is 10.4. The van der Waals surface area contributed by atoms with Crippen molar-refractivity contribution in [3.63, 3.8) is 0 Å². The number of alkyl halides is 2. The van der Waals surface area contributed by atoms with E-state index in [4.69, 9.17) is 16.2 Å². The van der Waals surface area contributed by atoms with Crippen LogP contribution in [0.5, 0.6) is 0 Å². The van der Waals surface area contributed by atoms with Crippen molar-refractivity contribution in [3.8, 4) is 0 Å². The zero-order chi connectivity index (χ0) is 38.3. The third kappa shape index (κ3) is 6.78. The molecule has 1 fully saturated rings. The number of hydrogen-bond donors (Lipinski definition) is 8. The Labute approximate surface area is 296 Å². The molecule has 0 aliphatic carbocycles. The summed E-state index contributed by atoms with van der Waals surface area (Å²) < 4.78 is 90.3. The second-order valence-electron chi connectivity index (χ2n) is 11.7. The Morgan fingerprint density at radius 2 is 1.81 bits per heavy atom. The van der Waals surface area contributed by atoms with E-state index in [0.29, 0.717) is 14.7 Å². The first-order valence-electron chi connectivity index (χ1n) is 14.7. The molecule has 52 heavy (non-hydrogen) atoms. The van der Waals surface area contributed by atoms with E-state index >= 15 is 8.78 Å². The molecule has 1 saturated heterocycles. The normalized spacial score (nSPS) is 27.0. The zero-order valence-corrected chi connectivity index (χ0v) is 30.1. The van der Waals surface area contributed by atoms with Crippen LogP contribution < -0.4 is 11.5 Å². The molecule has 6 heterocycles. The fourth-order valence-electron chi connectivity index (χ4n) is 5.88. The van der Waals surface area contributed by atoms with Crippen LogP contribution in [0, 0.1) is 13.8 Å². The first kappa shape index (κ1) is 38.7. The molecule has 9 N–H and O–H groups in total. The highest BCUT2D eigenvalue weighted by atomic mass is 32.1. The molecule has 0 amide bonds. The van der Waals surface area contributed by atoms with Gasteiger partial charge in [0.2, 0.25) is 11.4 Å². The van der Waals surface area contributed by atoms with Gasteiger partial charge in [0.25, 0.3) is 0 Å². The van der Waals surface area contributed by atoms with Gasteiger partial charge in [-0.25, -0.2) is 33.0 Å². The number of fused-ring (bicyclic) bond motifs is 3. The van der Waals surface area contributed by atoms with E-state index in [1.54, 1.807) is 6.92 Å². The summed E-state index contributed by atoms with van der Waals surface area (Å²) in [6.45, 7) is 2.00. The van der Waals surface area contributed by atoms with Gasteiger partial charge in [-0.3, -0.25) is 18.5 Å². The van der Waals surface area contributed by atoms with Crippen molar-refractivity contribution in [3.05, 3.63) is 53.5 Å². The molecule has 21 nitrogen and oxygen atoms in total. The van der Waals surface area contributed by atoms with Crippen LogP contribution >= 0.6 is 35.9 Å². The third-order valence-electron chi connectivity index (χ3n) is 8.20. The molecule has 27 heteroatoms. The van der Waals surface area contributed by atoms with Crippen molar-refractivity contribution in [1.82, 2.24) is 24.1 Å². The summed E-state index contributed by atoms with van der Waals surface area (Å²) >= 11 is 3.70. The lowest BCUT2D eigenvalue weighted by molar-refractivity contribution is -0.674. The Hall–Kier alpha value is -3.05. The van der Waals surface area contributed by atoms with Crippen LogP contribution in [0.3, 0.4) is 0 Å². The van der Waals surface area contributed by atoms with Crippen molar-refractivity contribution in [2.24, 2.45) is 5.73 Å². The minimum atomic E-state index is -6.09. The average Bonchev–Trinajstić information content (AvgIpc) is 3.79. The molecule has 3 aliphatic heterocycles. The number of nitrogens with zero attached hydrogens (tertiary/aromatic N) is 6. The number of ether oxygens (including phenoxy) is 1. The average molecular weight is 814 g/mol. The van der Waals surface area contributed by atoms with Gasteiger partial charge in [0.1, 0.15) is 30.2 Å². The van der Waals surface area contributed by atoms with E-state index in [0.717, 1.165) is 12.4 Å².